The third-order valence-electron chi connectivity index (χ3n) is 5.53. The van der Waals surface area contributed by atoms with Crippen LogP contribution in [0.3, 0.4) is 0 Å². The maximum atomic E-state index is 12.7. The Kier molecular flexibility index (Phi) is 7.40. The van der Waals surface area contributed by atoms with Crippen molar-refractivity contribution in [3.63, 3.8) is 0 Å². The molecule has 2 aromatic carbocycles. The number of hydrogen-bond acceptors (Lipinski definition) is 5. The van der Waals surface area contributed by atoms with E-state index in [4.69, 9.17) is 0 Å². The lowest BCUT2D eigenvalue weighted by Gasteiger charge is -2.25. The van der Waals surface area contributed by atoms with E-state index in [-0.39, 0.29) is 29.5 Å². The Morgan fingerprint density at radius 1 is 1.06 bits per heavy atom. The molecule has 1 amide bonds. The van der Waals surface area contributed by atoms with E-state index in [0.717, 1.165) is 24.8 Å². The molecule has 0 saturated carbocycles. The molecule has 2 aromatic rings. The highest BCUT2D eigenvalue weighted by atomic mass is 32.2. The van der Waals surface area contributed by atoms with E-state index in [9.17, 15) is 23.3 Å². The average molecular weight is 446 g/mol. The quantitative estimate of drug-likeness (QED) is 0.458. The minimum Gasteiger partial charge on any atom is -0.341 e. The Morgan fingerprint density at radius 3 is 2.35 bits per heavy atom. The van der Waals surface area contributed by atoms with Gasteiger partial charge in [-0.1, -0.05) is 36.8 Å². The third kappa shape index (κ3) is 5.68. The number of nitro benzene ring substituents is 1. The van der Waals surface area contributed by atoms with Crippen molar-refractivity contribution in [3.05, 3.63) is 69.8 Å². The van der Waals surface area contributed by atoms with Crippen LogP contribution in [0.25, 0.3) is 0 Å². The van der Waals surface area contributed by atoms with Gasteiger partial charge < -0.3 is 4.90 Å². The normalized spacial score (nSPS) is 14.9. The summed E-state index contributed by atoms with van der Waals surface area (Å²) in [6.45, 7) is 1.28. The number of benzene rings is 2. The lowest BCUT2D eigenvalue weighted by molar-refractivity contribution is -0.385. The fourth-order valence-corrected chi connectivity index (χ4v) is 5.21. The van der Waals surface area contributed by atoms with Crippen LogP contribution in [0.15, 0.2) is 53.4 Å². The van der Waals surface area contributed by atoms with Crippen LogP contribution in [0.2, 0.25) is 0 Å². The van der Waals surface area contributed by atoms with E-state index in [1.54, 1.807) is 49.5 Å². The maximum Gasteiger partial charge on any atom is 0.274 e. The molecule has 1 aliphatic rings. The summed E-state index contributed by atoms with van der Waals surface area (Å²) in [4.78, 5) is 24.9. The van der Waals surface area contributed by atoms with Crippen LogP contribution < -0.4 is 0 Å². The van der Waals surface area contributed by atoms with E-state index in [1.165, 1.54) is 15.3 Å². The number of para-hydroxylation sites is 1. The van der Waals surface area contributed by atoms with Crippen molar-refractivity contribution >= 4 is 21.6 Å². The predicted molar refractivity (Wildman–Crippen MR) is 117 cm³/mol. The number of nitrogens with zero attached hydrogens (tertiary/aromatic N) is 3. The van der Waals surface area contributed by atoms with Crippen molar-refractivity contribution in [2.75, 3.05) is 20.1 Å². The fourth-order valence-electron chi connectivity index (χ4n) is 3.69. The Balaban J connectivity index is 1.57. The molecule has 0 aromatic heterocycles. The molecule has 1 heterocycles. The van der Waals surface area contributed by atoms with E-state index >= 15 is 0 Å². The molecule has 1 fully saturated rings. The van der Waals surface area contributed by atoms with Crippen LogP contribution in [0.1, 0.15) is 36.8 Å². The van der Waals surface area contributed by atoms with Crippen LogP contribution in [-0.2, 0) is 27.8 Å². The number of rotatable bonds is 8. The lowest BCUT2D eigenvalue weighted by atomic mass is 10.1. The van der Waals surface area contributed by atoms with Gasteiger partial charge in [-0.25, -0.2) is 8.42 Å². The standard InChI is InChI=1S/C22H27N3O5S/c1-23(17-19-7-3-4-8-21(19)25(27)28)22(26)14-11-18-9-12-20(13-10-18)31(29,30)24-15-5-2-6-16-24/h3-4,7-10,12-13H,2,5-6,11,14-17H2,1H3. The zero-order valence-corrected chi connectivity index (χ0v) is 18.4. The van der Waals surface area contributed by atoms with Crippen LogP contribution in [0.4, 0.5) is 5.69 Å². The van der Waals surface area contributed by atoms with E-state index in [2.05, 4.69) is 0 Å². The molecular weight excluding hydrogens is 418 g/mol. The van der Waals surface area contributed by atoms with Crippen LogP contribution in [0.5, 0.6) is 0 Å². The smallest absolute Gasteiger partial charge is 0.274 e. The van der Waals surface area contributed by atoms with Gasteiger partial charge in [-0.2, -0.15) is 4.31 Å². The van der Waals surface area contributed by atoms with E-state index < -0.39 is 14.9 Å². The molecule has 166 valence electrons. The molecule has 0 N–H and O–H groups in total. The van der Waals surface area contributed by atoms with Gasteiger partial charge >= 0.3 is 0 Å². The Bertz CT molecular complexity index is 1030. The molecule has 3 rings (SSSR count). The second-order valence-corrected chi connectivity index (χ2v) is 9.68. The summed E-state index contributed by atoms with van der Waals surface area (Å²) in [6, 6.07) is 13.1. The largest absolute Gasteiger partial charge is 0.341 e. The summed E-state index contributed by atoms with van der Waals surface area (Å²) >= 11 is 0. The van der Waals surface area contributed by atoms with Crippen molar-refractivity contribution in [1.82, 2.24) is 9.21 Å². The molecule has 0 radical (unpaired) electrons. The number of amides is 1. The van der Waals surface area contributed by atoms with Crippen molar-refractivity contribution < 1.29 is 18.1 Å². The number of carbonyl (C=O) groups excluding carboxylic acids is 1. The fraction of sp³-hybridized carbons (Fsp3) is 0.409. The zero-order valence-electron chi connectivity index (χ0n) is 17.6. The first-order valence-corrected chi connectivity index (χ1v) is 11.8. The SMILES string of the molecule is CN(Cc1ccccc1[N+](=O)[O-])C(=O)CCc1ccc(S(=O)(=O)N2CCCCC2)cc1. The minimum absolute atomic E-state index is 0.00680. The molecule has 1 aliphatic heterocycles. The van der Waals surface area contributed by atoms with Crippen molar-refractivity contribution in [2.24, 2.45) is 0 Å². The lowest BCUT2D eigenvalue weighted by Crippen LogP contribution is -2.35. The summed E-state index contributed by atoms with van der Waals surface area (Å²) in [5, 5.41) is 11.1. The number of carbonyl (C=O) groups is 1. The molecule has 31 heavy (non-hydrogen) atoms. The second kappa shape index (κ2) is 10.0. The maximum absolute atomic E-state index is 12.7. The first-order chi connectivity index (χ1) is 14.8. The van der Waals surface area contributed by atoms with Crippen molar-refractivity contribution in [3.8, 4) is 0 Å². The topological polar surface area (TPSA) is 101 Å². The summed E-state index contributed by atoms with van der Waals surface area (Å²) in [7, 11) is -1.85. The summed E-state index contributed by atoms with van der Waals surface area (Å²) < 4.78 is 27.0. The van der Waals surface area contributed by atoms with Gasteiger partial charge in [0.15, 0.2) is 0 Å². The van der Waals surface area contributed by atoms with Gasteiger partial charge in [-0.15, -0.1) is 0 Å². The highest BCUT2D eigenvalue weighted by Gasteiger charge is 2.25. The molecule has 0 atom stereocenters. The monoisotopic (exact) mass is 445 g/mol. The van der Waals surface area contributed by atoms with Crippen molar-refractivity contribution in [2.45, 2.75) is 43.5 Å². The molecule has 1 saturated heterocycles. The number of nitro groups is 1. The molecule has 0 bridgehead atoms. The van der Waals surface area contributed by atoms with Gasteiger partial charge in [0.05, 0.1) is 16.4 Å². The Hall–Kier alpha value is -2.78. The number of sulfonamides is 1. The van der Waals surface area contributed by atoms with Crippen molar-refractivity contribution in [1.29, 1.82) is 0 Å². The summed E-state index contributed by atoms with van der Waals surface area (Å²) in [6.07, 6.45) is 3.53. The molecule has 0 spiro atoms. The predicted octanol–water partition coefficient (Wildman–Crippen LogP) is 3.36. The minimum atomic E-state index is -3.47. The summed E-state index contributed by atoms with van der Waals surface area (Å²) in [5.41, 5.74) is 1.34. The van der Waals surface area contributed by atoms with Crippen LogP contribution in [0, 0.1) is 10.1 Å². The molecule has 0 unspecified atom stereocenters. The first kappa shape index (κ1) is 22.9. The second-order valence-electron chi connectivity index (χ2n) is 7.74. The molecule has 8 nitrogen and oxygen atoms in total. The highest BCUT2D eigenvalue weighted by Crippen LogP contribution is 2.22. The van der Waals surface area contributed by atoms with Crippen LogP contribution in [-0.4, -0.2) is 48.6 Å². The highest BCUT2D eigenvalue weighted by molar-refractivity contribution is 7.89. The first-order valence-electron chi connectivity index (χ1n) is 10.3. The molecular formula is C22H27N3O5S. The zero-order chi connectivity index (χ0) is 22.4. The number of piperidine rings is 1. The Morgan fingerprint density at radius 2 is 1.71 bits per heavy atom. The third-order valence-corrected chi connectivity index (χ3v) is 7.44. The molecule has 0 aliphatic carbocycles. The van der Waals surface area contributed by atoms with Gasteiger partial charge in [0.2, 0.25) is 15.9 Å². The van der Waals surface area contributed by atoms with Gasteiger partial charge in [0.1, 0.15) is 0 Å². The number of aryl methyl sites for hydroxylation is 1. The van der Waals surface area contributed by atoms with Gasteiger partial charge in [0, 0.05) is 38.2 Å². The Labute approximate surface area is 182 Å². The summed E-state index contributed by atoms with van der Waals surface area (Å²) in [5.74, 6) is -0.136. The van der Waals surface area contributed by atoms with Gasteiger partial charge in [0.25, 0.3) is 5.69 Å². The number of hydrogen-bond donors (Lipinski definition) is 0. The average Bonchev–Trinajstić information content (AvgIpc) is 2.78. The van der Waals surface area contributed by atoms with Gasteiger partial charge in [-0.3, -0.25) is 14.9 Å². The van der Waals surface area contributed by atoms with Crippen LogP contribution >= 0.6 is 0 Å². The van der Waals surface area contributed by atoms with E-state index in [0.29, 0.717) is 25.1 Å². The molecule has 9 heteroatoms. The van der Waals surface area contributed by atoms with Gasteiger partial charge in [-0.05, 0) is 37.0 Å². The van der Waals surface area contributed by atoms with E-state index in [1.807, 2.05) is 0 Å².